The summed E-state index contributed by atoms with van der Waals surface area (Å²) in [6, 6.07) is -0.0633. The summed E-state index contributed by atoms with van der Waals surface area (Å²) in [5.41, 5.74) is 5.76. The molecule has 0 aromatic rings. The Morgan fingerprint density at radius 3 is 2.56 bits per heavy atom. The van der Waals surface area contributed by atoms with Crippen LogP contribution in [0.2, 0.25) is 0 Å². The number of nitrogens with zero attached hydrogens (tertiary/aromatic N) is 2. The van der Waals surface area contributed by atoms with E-state index in [2.05, 4.69) is 6.92 Å². The highest BCUT2D eigenvalue weighted by Crippen LogP contribution is 2.26. The predicted molar refractivity (Wildman–Crippen MR) is 69.3 cm³/mol. The summed E-state index contributed by atoms with van der Waals surface area (Å²) in [4.78, 5) is 0. The third-order valence-electron chi connectivity index (χ3n) is 3.90. The first-order valence-corrected chi connectivity index (χ1v) is 8.02. The zero-order chi connectivity index (χ0) is 13.2. The van der Waals surface area contributed by atoms with Gasteiger partial charge in [-0.25, -0.2) is 0 Å². The topological polar surface area (TPSA) is 75.9 Å². The largest absolute Gasteiger partial charge is 0.379 e. The number of morpholine rings is 1. The average molecular weight is 277 g/mol. The molecule has 0 radical (unpaired) electrons. The number of rotatable bonds is 3. The lowest BCUT2D eigenvalue weighted by Crippen LogP contribution is -2.57. The number of ether oxygens (including phenoxy) is 1. The van der Waals surface area contributed by atoms with E-state index in [1.165, 1.54) is 4.31 Å². The lowest BCUT2D eigenvalue weighted by Gasteiger charge is -2.41. The minimum atomic E-state index is -3.37. The number of hydrogen-bond donors (Lipinski definition) is 1. The highest BCUT2D eigenvalue weighted by atomic mass is 32.2. The van der Waals surface area contributed by atoms with Gasteiger partial charge >= 0.3 is 0 Å². The fourth-order valence-electron chi connectivity index (χ4n) is 2.77. The van der Waals surface area contributed by atoms with Gasteiger partial charge in [0.15, 0.2) is 0 Å². The lowest BCUT2D eigenvalue weighted by molar-refractivity contribution is 0.0668. The SMILES string of the molecule is CC1CCCN(S(=O)(=O)N2CCOCC2)C1CN. The fourth-order valence-corrected chi connectivity index (χ4v) is 4.68. The summed E-state index contributed by atoms with van der Waals surface area (Å²) in [6.07, 6.45) is 1.97. The monoisotopic (exact) mass is 277 g/mol. The van der Waals surface area contributed by atoms with Crippen molar-refractivity contribution in [3.8, 4) is 0 Å². The molecule has 0 bridgehead atoms. The van der Waals surface area contributed by atoms with Gasteiger partial charge in [-0.2, -0.15) is 17.0 Å². The van der Waals surface area contributed by atoms with E-state index in [1.54, 1.807) is 4.31 Å². The van der Waals surface area contributed by atoms with Crippen molar-refractivity contribution in [3.63, 3.8) is 0 Å². The fraction of sp³-hybridized carbons (Fsp3) is 1.00. The number of piperidine rings is 1. The van der Waals surface area contributed by atoms with Gasteiger partial charge in [0.1, 0.15) is 0 Å². The van der Waals surface area contributed by atoms with E-state index in [0.717, 1.165) is 12.8 Å². The third-order valence-corrected chi connectivity index (χ3v) is 5.96. The second-order valence-electron chi connectivity index (χ2n) is 5.05. The summed E-state index contributed by atoms with van der Waals surface area (Å²) in [7, 11) is -3.37. The van der Waals surface area contributed by atoms with Crippen LogP contribution in [0.1, 0.15) is 19.8 Å². The Kier molecular flexibility index (Phi) is 4.60. The summed E-state index contributed by atoms with van der Waals surface area (Å²) in [5, 5.41) is 0. The first-order chi connectivity index (χ1) is 8.57. The highest BCUT2D eigenvalue weighted by Gasteiger charge is 2.39. The summed E-state index contributed by atoms with van der Waals surface area (Å²) in [5.74, 6) is 0.333. The average Bonchev–Trinajstić information content (AvgIpc) is 2.39. The highest BCUT2D eigenvalue weighted by molar-refractivity contribution is 7.86. The van der Waals surface area contributed by atoms with Gasteiger partial charge < -0.3 is 10.5 Å². The Bertz CT molecular complexity index is 368. The van der Waals surface area contributed by atoms with Crippen LogP contribution in [0.5, 0.6) is 0 Å². The molecule has 2 aliphatic heterocycles. The van der Waals surface area contributed by atoms with Crippen molar-refractivity contribution >= 4 is 10.2 Å². The van der Waals surface area contributed by atoms with Gasteiger partial charge in [0, 0.05) is 32.2 Å². The molecule has 2 heterocycles. The molecule has 2 unspecified atom stereocenters. The molecule has 0 aliphatic carbocycles. The van der Waals surface area contributed by atoms with Crippen LogP contribution in [0, 0.1) is 5.92 Å². The van der Waals surface area contributed by atoms with Crippen LogP contribution in [0.15, 0.2) is 0 Å². The van der Waals surface area contributed by atoms with Crippen LogP contribution in [0.25, 0.3) is 0 Å². The van der Waals surface area contributed by atoms with Crippen LogP contribution in [-0.4, -0.2) is 62.5 Å². The van der Waals surface area contributed by atoms with E-state index in [1.807, 2.05) is 0 Å². The maximum absolute atomic E-state index is 12.6. The van der Waals surface area contributed by atoms with Crippen LogP contribution in [0.3, 0.4) is 0 Å². The van der Waals surface area contributed by atoms with Gasteiger partial charge in [0.05, 0.1) is 13.2 Å². The Hall–Kier alpha value is -0.210. The van der Waals surface area contributed by atoms with Gasteiger partial charge in [-0.1, -0.05) is 6.92 Å². The van der Waals surface area contributed by atoms with Crippen molar-refractivity contribution in [3.05, 3.63) is 0 Å². The van der Waals surface area contributed by atoms with Crippen molar-refractivity contribution in [2.75, 3.05) is 39.4 Å². The quantitative estimate of drug-likeness (QED) is 0.763. The van der Waals surface area contributed by atoms with Gasteiger partial charge in [0.2, 0.25) is 0 Å². The molecule has 2 fully saturated rings. The second-order valence-corrected chi connectivity index (χ2v) is 6.93. The van der Waals surface area contributed by atoms with E-state index in [4.69, 9.17) is 10.5 Å². The van der Waals surface area contributed by atoms with Crippen molar-refractivity contribution in [1.29, 1.82) is 0 Å². The first kappa shape index (κ1) is 14.2. The van der Waals surface area contributed by atoms with E-state index in [-0.39, 0.29) is 6.04 Å². The Balaban J connectivity index is 2.16. The molecule has 0 aromatic heterocycles. The Labute approximate surface area is 109 Å². The Morgan fingerprint density at radius 1 is 1.28 bits per heavy atom. The molecule has 2 N–H and O–H groups in total. The molecule has 2 rings (SSSR count). The van der Waals surface area contributed by atoms with E-state index < -0.39 is 10.2 Å². The smallest absolute Gasteiger partial charge is 0.282 e. The van der Waals surface area contributed by atoms with Gasteiger partial charge in [-0.3, -0.25) is 0 Å². The predicted octanol–water partition coefficient (Wildman–Crippen LogP) is -0.377. The molecule has 18 heavy (non-hydrogen) atoms. The maximum Gasteiger partial charge on any atom is 0.282 e. The van der Waals surface area contributed by atoms with Crippen molar-refractivity contribution in [2.45, 2.75) is 25.8 Å². The summed E-state index contributed by atoms with van der Waals surface area (Å²) < 4.78 is 33.5. The van der Waals surface area contributed by atoms with Crippen molar-refractivity contribution < 1.29 is 13.2 Å². The lowest BCUT2D eigenvalue weighted by atomic mass is 9.93. The zero-order valence-electron chi connectivity index (χ0n) is 10.9. The van der Waals surface area contributed by atoms with Crippen LogP contribution in [-0.2, 0) is 14.9 Å². The zero-order valence-corrected chi connectivity index (χ0v) is 11.7. The maximum atomic E-state index is 12.6. The molecule has 0 aromatic carbocycles. The van der Waals surface area contributed by atoms with Gasteiger partial charge in [-0.15, -0.1) is 0 Å². The molecule has 2 aliphatic rings. The molecule has 2 saturated heterocycles. The normalized spacial score (nSPS) is 32.6. The molecule has 0 amide bonds. The molecule has 2 atom stereocenters. The molecular formula is C11H23N3O3S. The summed E-state index contributed by atoms with van der Waals surface area (Å²) in [6.45, 7) is 4.93. The van der Waals surface area contributed by atoms with Gasteiger partial charge in [0.25, 0.3) is 10.2 Å². The molecule has 106 valence electrons. The molecule has 7 heteroatoms. The number of hydrogen-bond acceptors (Lipinski definition) is 4. The van der Waals surface area contributed by atoms with E-state index in [0.29, 0.717) is 45.3 Å². The van der Waals surface area contributed by atoms with E-state index >= 15 is 0 Å². The molecular weight excluding hydrogens is 254 g/mol. The second kappa shape index (κ2) is 5.83. The van der Waals surface area contributed by atoms with Crippen molar-refractivity contribution in [1.82, 2.24) is 8.61 Å². The van der Waals surface area contributed by atoms with Crippen LogP contribution < -0.4 is 5.73 Å². The summed E-state index contributed by atoms with van der Waals surface area (Å²) >= 11 is 0. The molecule has 0 saturated carbocycles. The van der Waals surface area contributed by atoms with Gasteiger partial charge in [-0.05, 0) is 18.8 Å². The molecule has 0 spiro atoms. The van der Waals surface area contributed by atoms with Crippen molar-refractivity contribution in [2.24, 2.45) is 11.7 Å². The number of nitrogens with two attached hydrogens (primary N) is 1. The molecule has 6 nitrogen and oxygen atoms in total. The standard InChI is InChI=1S/C11H23N3O3S/c1-10-3-2-4-14(11(10)9-12)18(15,16)13-5-7-17-8-6-13/h10-11H,2-9,12H2,1H3. The first-order valence-electron chi connectivity index (χ1n) is 6.62. The minimum absolute atomic E-state index is 0.0633. The van der Waals surface area contributed by atoms with Crippen LogP contribution in [0.4, 0.5) is 0 Å². The van der Waals surface area contributed by atoms with Crippen LogP contribution >= 0.6 is 0 Å². The Morgan fingerprint density at radius 2 is 1.94 bits per heavy atom. The van der Waals surface area contributed by atoms with E-state index in [9.17, 15) is 8.42 Å². The third kappa shape index (κ3) is 2.70. The minimum Gasteiger partial charge on any atom is -0.379 e.